The lowest BCUT2D eigenvalue weighted by Gasteiger charge is -2.18. The Bertz CT molecular complexity index is 561. The van der Waals surface area contributed by atoms with Crippen molar-refractivity contribution < 1.29 is 23.4 Å². The number of hydrogen-bond acceptors (Lipinski definition) is 5. The van der Waals surface area contributed by atoms with Crippen molar-refractivity contribution in [1.82, 2.24) is 4.31 Å². The van der Waals surface area contributed by atoms with Crippen molar-refractivity contribution in [2.24, 2.45) is 0 Å². The van der Waals surface area contributed by atoms with Gasteiger partial charge in [-0.3, -0.25) is 0 Å². The van der Waals surface area contributed by atoms with E-state index < -0.39 is 22.2 Å². The number of hydrogen-bond donors (Lipinski definition) is 2. The fraction of sp³-hybridized carbons (Fsp3) is 0.500. The van der Waals surface area contributed by atoms with Crippen molar-refractivity contribution in [3.05, 3.63) is 23.8 Å². The molecule has 0 radical (unpaired) electrons. The smallest absolute Gasteiger partial charge is 0.246 e. The topological polar surface area (TPSA) is 87.1 Å². The van der Waals surface area contributed by atoms with Crippen molar-refractivity contribution in [3.8, 4) is 5.75 Å². The van der Waals surface area contributed by atoms with Crippen LogP contribution in [0.3, 0.4) is 0 Å². The highest BCUT2D eigenvalue weighted by Gasteiger charge is 2.38. The van der Waals surface area contributed by atoms with Gasteiger partial charge in [-0.1, -0.05) is 6.07 Å². The van der Waals surface area contributed by atoms with Gasteiger partial charge in [0, 0.05) is 13.1 Å². The maximum absolute atomic E-state index is 12.5. The van der Waals surface area contributed by atoms with E-state index in [9.17, 15) is 18.6 Å². The number of ether oxygens (including phenoxy) is 1. The minimum atomic E-state index is -3.78. The average Bonchev–Trinajstić information content (AvgIpc) is 2.70. The predicted molar refractivity (Wildman–Crippen MR) is 68.5 cm³/mol. The summed E-state index contributed by atoms with van der Waals surface area (Å²) >= 11 is 0. The van der Waals surface area contributed by atoms with Crippen molar-refractivity contribution in [2.45, 2.75) is 24.0 Å². The Morgan fingerprint density at radius 2 is 1.84 bits per heavy atom. The zero-order chi connectivity index (χ0) is 14.2. The lowest BCUT2D eigenvalue weighted by molar-refractivity contribution is 0.0572. The summed E-state index contributed by atoms with van der Waals surface area (Å²) < 4.78 is 31.1. The van der Waals surface area contributed by atoms with Crippen LogP contribution in [0.15, 0.2) is 23.1 Å². The number of aryl methyl sites for hydroxylation is 1. The number of nitrogens with zero attached hydrogens (tertiary/aromatic N) is 1. The van der Waals surface area contributed by atoms with E-state index in [1.807, 2.05) is 0 Å². The Kier molecular flexibility index (Phi) is 3.82. The van der Waals surface area contributed by atoms with Gasteiger partial charge in [-0.05, 0) is 24.6 Å². The lowest BCUT2D eigenvalue weighted by atomic mass is 10.2. The maximum atomic E-state index is 12.5. The Balaban J connectivity index is 2.43. The Labute approximate surface area is 112 Å². The molecule has 6 nitrogen and oxygen atoms in total. The molecule has 1 aliphatic rings. The molecule has 19 heavy (non-hydrogen) atoms. The molecule has 0 bridgehead atoms. The molecule has 0 aliphatic carbocycles. The molecule has 1 aliphatic heterocycles. The van der Waals surface area contributed by atoms with Crippen LogP contribution in [0.25, 0.3) is 0 Å². The van der Waals surface area contributed by atoms with Crippen molar-refractivity contribution in [1.29, 1.82) is 0 Å². The molecule has 0 saturated carbocycles. The summed E-state index contributed by atoms with van der Waals surface area (Å²) in [6, 6.07) is 4.86. The third-order valence-electron chi connectivity index (χ3n) is 3.16. The Morgan fingerprint density at radius 3 is 2.37 bits per heavy atom. The van der Waals surface area contributed by atoms with E-state index in [1.54, 1.807) is 19.1 Å². The molecule has 7 heteroatoms. The highest BCUT2D eigenvalue weighted by atomic mass is 32.2. The van der Waals surface area contributed by atoms with Crippen LogP contribution >= 0.6 is 0 Å². The summed E-state index contributed by atoms with van der Waals surface area (Å²) in [5, 5.41) is 18.9. The number of rotatable bonds is 3. The van der Waals surface area contributed by atoms with Gasteiger partial charge < -0.3 is 14.9 Å². The second-order valence-electron chi connectivity index (χ2n) is 4.61. The lowest BCUT2D eigenvalue weighted by Crippen LogP contribution is -2.30. The first-order chi connectivity index (χ1) is 8.86. The molecule has 0 aromatic heterocycles. The monoisotopic (exact) mass is 287 g/mol. The van der Waals surface area contributed by atoms with E-state index in [0.29, 0.717) is 0 Å². The van der Waals surface area contributed by atoms with Gasteiger partial charge in [-0.2, -0.15) is 4.31 Å². The molecular formula is C12H17NO5S. The molecule has 0 amide bonds. The molecule has 0 spiro atoms. The molecule has 2 atom stereocenters. The fourth-order valence-electron chi connectivity index (χ4n) is 2.06. The van der Waals surface area contributed by atoms with Crippen molar-refractivity contribution in [3.63, 3.8) is 0 Å². The van der Waals surface area contributed by atoms with Crippen LogP contribution < -0.4 is 4.74 Å². The van der Waals surface area contributed by atoms with Crippen LogP contribution in [-0.4, -0.2) is 55.3 Å². The molecule has 1 aromatic rings. The van der Waals surface area contributed by atoms with Crippen LogP contribution in [0.5, 0.6) is 5.75 Å². The molecule has 1 fully saturated rings. The van der Waals surface area contributed by atoms with E-state index in [2.05, 4.69) is 0 Å². The Morgan fingerprint density at radius 1 is 1.26 bits per heavy atom. The second kappa shape index (κ2) is 5.09. The van der Waals surface area contributed by atoms with Gasteiger partial charge in [-0.15, -0.1) is 0 Å². The first-order valence-electron chi connectivity index (χ1n) is 5.87. The number of β-amino-alcohol motifs (C(OH)–C–C–N with tert-alkyl or cyclic N) is 2. The largest absolute Gasteiger partial charge is 0.495 e. The van der Waals surface area contributed by atoms with Crippen molar-refractivity contribution in [2.75, 3.05) is 20.2 Å². The van der Waals surface area contributed by atoms with E-state index in [1.165, 1.54) is 13.2 Å². The minimum Gasteiger partial charge on any atom is -0.495 e. The van der Waals surface area contributed by atoms with Gasteiger partial charge in [0.2, 0.25) is 10.0 Å². The first-order valence-corrected chi connectivity index (χ1v) is 7.31. The van der Waals surface area contributed by atoms with E-state index in [4.69, 9.17) is 4.74 Å². The van der Waals surface area contributed by atoms with Crippen LogP contribution in [0, 0.1) is 6.92 Å². The standard InChI is InChI=1S/C12H17NO5S/c1-8-3-4-11(18-2)12(5-8)19(16,17)13-6-9(14)10(15)7-13/h3-5,9-10,14-15H,6-7H2,1-2H3. The molecule has 106 valence electrons. The van der Waals surface area contributed by atoms with Gasteiger partial charge in [0.15, 0.2) is 0 Å². The van der Waals surface area contributed by atoms with Gasteiger partial charge >= 0.3 is 0 Å². The van der Waals surface area contributed by atoms with Crippen LogP contribution in [0.2, 0.25) is 0 Å². The summed E-state index contributed by atoms with van der Waals surface area (Å²) in [5.74, 6) is 0.251. The third-order valence-corrected chi connectivity index (χ3v) is 5.02. The molecule has 1 saturated heterocycles. The number of aliphatic hydroxyl groups excluding tert-OH is 2. The van der Waals surface area contributed by atoms with Crippen LogP contribution in [-0.2, 0) is 10.0 Å². The third kappa shape index (κ3) is 2.59. The molecule has 2 rings (SSSR count). The van der Waals surface area contributed by atoms with Gasteiger partial charge in [-0.25, -0.2) is 8.42 Å². The molecular weight excluding hydrogens is 270 g/mol. The first kappa shape index (κ1) is 14.3. The van der Waals surface area contributed by atoms with Crippen LogP contribution in [0.1, 0.15) is 5.56 Å². The fourth-order valence-corrected chi connectivity index (χ4v) is 3.77. The quantitative estimate of drug-likeness (QED) is 0.799. The number of methoxy groups -OCH3 is 1. The highest BCUT2D eigenvalue weighted by Crippen LogP contribution is 2.29. The highest BCUT2D eigenvalue weighted by molar-refractivity contribution is 7.89. The summed E-state index contributed by atoms with van der Waals surface area (Å²) in [4.78, 5) is 0.0521. The van der Waals surface area contributed by atoms with E-state index >= 15 is 0 Å². The maximum Gasteiger partial charge on any atom is 0.246 e. The molecule has 2 unspecified atom stereocenters. The summed E-state index contributed by atoms with van der Waals surface area (Å²) in [6.07, 6.45) is -2.10. The van der Waals surface area contributed by atoms with Gasteiger partial charge in [0.05, 0.1) is 19.3 Å². The normalized spacial score (nSPS) is 24.6. The van der Waals surface area contributed by atoms with E-state index in [-0.39, 0.29) is 23.7 Å². The number of aliphatic hydroxyl groups is 2. The summed E-state index contributed by atoms with van der Waals surface area (Å²) in [5.41, 5.74) is 0.791. The SMILES string of the molecule is COc1ccc(C)cc1S(=O)(=O)N1CC(O)C(O)C1. The predicted octanol–water partition coefficient (Wildman–Crippen LogP) is -0.270. The summed E-state index contributed by atoms with van der Waals surface area (Å²) in [7, 11) is -2.38. The molecule has 2 N–H and O–H groups in total. The number of benzene rings is 1. The van der Waals surface area contributed by atoms with Crippen LogP contribution in [0.4, 0.5) is 0 Å². The van der Waals surface area contributed by atoms with Gasteiger partial charge in [0.25, 0.3) is 0 Å². The molecule has 1 heterocycles. The zero-order valence-electron chi connectivity index (χ0n) is 10.8. The second-order valence-corrected chi connectivity index (χ2v) is 6.52. The number of sulfonamides is 1. The average molecular weight is 287 g/mol. The van der Waals surface area contributed by atoms with Gasteiger partial charge in [0.1, 0.15) is 10.6 Å². The zero-order valence-corrected chi connectivity index (χ0v) is 11.6. The minimum absolute atomic E-state index is 0.0521. The molecule has 1 aromatic carbocycles. The van der Waals surface area contributed by atoms with Crippen molar-refractivity contribution >= 4 is 10.0 Å². The summed E-state index contributed by atoms with van der Waals surface area (Å²) in [6.45, 7) is 1.56. The van der Waals surface area contributed by atoms with E-state index in [0.717, 1.165) is 9.87 Å². The Hall–Kier alpha value is -1.15.